The fourth-order valence-electron chi connectivity index (χ4n) is 8.70. The average molecular weight is 493 g/mol. The molecule has 1 unspecified atom stereocenters. The fraction of sp³-hybridized carbons (Fsp3) is 0.719. The van der Waals surface area contributed by atoms with Gasteiger partial charge in [-0.05, 0) is 73.3 Å². The van der Waals surface area contributed by atoms with Gasteiger partial charge in [0.05, 0.1) is 12.2 Å². The molecule has 4 heteroatoms. The number of rotatable bonds is 4. The molecule has 1 N–H and O–H groups in total. The smallest absolute Gasteiger partial charge is 0.178 e. The van der Waals surface area contributed by atoms with Crippen molar-refractivity contribution in [2.75, 3.05) is 0 Å². The van der Waals surface area contributed by atoms with Crippen molar-refractivity contribution in [1.82, 2.24) is 0 Å². The predicted molar refractivity (Wildman–Crippen MR) is 141 cm³/mol. The van der Waals surface area contributed by atoms with Gasteiger partial charge in [-0.1, -0.05) is 70.6 Å². The number of aliphatic hydroxyl groups is 1. The highest BCUT2D eigenvalue weighted by Gasteiger charge is 2.70. The minimum absolute atomic E-state index is 0.00682. The summed E-state index contributed by atoms with van der Waals surface area (Å²) < 4.78 is 13.3. The van der Waals surface area contributed by atoms with E-state index >= 15 is 0 Å². The molecule has 5 fully saturated rings. The summed E-state index contributed by atoms with van der Waals surface area (Å²) in [6.45, 7) is 12.8. The Labute approximate surface area is 216 Å². The molecule has 0 bridgehead atoms. The zero-order valence-electron chi connectivity index (χ0n) is 22.5. The van der Waals surface area contributed by atoms with E-state index in [2.05, 4.69) is 64.7 Å². The summed E-state index contributed by atoms with van der Waals surface area (Å²) in [5.41, 5.74) is 1.24. The molecule has 0 aromatic rings. The number of hydrogen-bond acceptors (Lipinski definition) is 4. The van der Waals surface area contributed by atoms with Gasteiger partial charge in [0.25, 0.3) is 0 Å². The maximum absolute atomic E-state index is 14.1. The monoisotopic (exact) mass is 492 g/mol. The molecular formula is C32H44O4. The molecule has 6 aliphatic rings. The lowest BCUT2D eigenvalue weighted by Gasteiger charge is -2.56. The molecule has 0 radical (unpaired) electrons. The van der Waals surface area contributed by atoms with Crippen molar-refractivity contribution in [3.8, 4) is 0 Å². The molecular weight excluding hydrogens is 448 g/mol. The van der Waals surface area contributed by atoms with Crippen LogP contribution in [0.3, 0.4) is 0 Å². The summed E-state index contributed by atoms with van der Waals surface area (Å²) in [5, 5.41) is 11.7. The molecule has 0 aromatic heterocycles. The second-order valence-corrected chi connectivity index (χ2v) is 14.0. The van der Waals surface area contributed by atoms with E-state index in [-0.39, 0.29) is 34.6 Å². The molecule has 1 aliphatic heterocycles. The van der Waals surface area contributed by atoms with Crippen LogP contribution in [0.1, 0.15) is 79.1 Å². The van der Waals surface area contributed by atoms with Gasteiger partial charge in [-0.2, -0.15) is 0 Å². The first kappa shape index (κ1) is 24.8. The summed E-state index contributed by atoms with van der Waals surface area (Å²) in [5.74, 6) is 1.65. The fourth-order valence-corrected chi connectivity index (χ4v) is 8.70. The molecule has 196 valence electrons. The normalized spacial score (nSPS) is 46.1. The SMILES string of the molecule is C=C1C=C[C@@]2(C)C(=C1)CC[C@@H]1[C@@H]2[C@@H](O)CC2[C@H]1C[C@H]1O[C@@H](/C=C/C3CCC3)O[C@@]21C(=O)CC(C)(C)C. The van der Waals surface area contributed by atoms with Crippen LogP contribution >= 0.6 is 0 Å². The first-order chi connectivity index (χ1) is 17.0. The largest absolute Gasteiger partial charge is 0.393 e. The third-order valence-electron chi connectivity index (χ3n) is 10.5. The predicted octanol–water partition coefficient (Wildman–Crippen LogP) is 6.31. The van der Waals surface area contributed by atoms with Gasteiger partial charge in [-0.25, -0.2) is 0 Å². The highest BCUT2D eigenvalue weighted by atomic mass is 16.7. The van der Waals surface area contributed by atoms with Crippen molar-refractivity contribution in [3.05, 3.63) is 48.1 Å². The molecule has 5 aliphatic carbocycles. The molecule has 4 nitrogen and oxygen atoms in total. The highest BCUT2D eigenvalue weighted by Crippen LogP contribution is 2.65. The third kappa shape index (κ3) is 3.77. The van der Waals surface area contributed by atoms with E-state index in [4.69, 9.17) is 9.47 Å². The Hall–Kier alpha value is -1.49. The van der Waals surface area contributed by atoms with Gasteiger partial charge in [0.15, 0.2) is 17.7 Å². The molecule has 6 rings (SSSR count). The maximum atomic E-state index is 14.1. The Balaban J connectivity index is 1.32. The number of fused-ring (bicyclic) bond motifs is 7. The van der Waals surface area contributed by atoms with E-state index in [1.165, 1.54) is 24.8 Å². The van der Waals surface area contributed by atoms with Gasteiger partial charge >= 0.3 is 0 Å². The summed E-state index contributed by atoms with van der Waals surface area (Å²) in [6, 6.07) is 0. The van der Waals surface area contributed by atoms with Gasteiger partial charge < -0.3 is 14.6 Å². The lowest BCUT2D eigenvalue weighted by atomic mass is 9.49. The van der Waals surface area contributed by atoms with Crippen LogP contribution in [0, 0.1) is 40.4 Å². The van der Waals surface area contributed by atoms with E-state index < -0.39 is 18.0 Å². The van der Waals surface area contributed by atoms with Gasteiger partial charge in [-0.15, -0.1) is 0 Å². The topological polar surface area (TPSA) is 55.8 Å². The van der Waals surface area contributed by atoms with Crippen LogP contribution in [0.15, 0.2) is 48.1 Å². The number of aliphatic hydroxyl groups excluding tert-OH is 1. The van der Waals surface area contributed by atoms with E-state index in [1.807, 2.05) is 0 Å². The van der Waals surface area contributed by atoms with Crippen molar-refractivity contribution in [1.29, 1.82) is 0 Å². The Morgan fingerprint density at radius 1 is 1.19 bits per heavy atom. The van der Waals surface area contributed by atoms with Gasteiger partial charge in [0.1, 0.15) is 0 Å². The summed E-state index contributed by atoms with van der Waals surface area (Å²) in [6.07, 6.45) is 17.6. The van der Waals surface area contributed by atoms with Crippen LogP contribution in [0.5, 0.6) is 0 Å². The van der Waals surface area contributed by atoms with Gasteiger partial charge in [0.2, 0.25) is 0 Å². The van der Waals surface area contributed by atoms with E-state index in [1.54, 1.807) is 0 Å². The van der Waals surface area contributed by atoms with Gasteiger partial charge in [0, 0.05) is 23.7 Å². The number of carbonyl (C=O) groups is 1. The highest BCUT2D eigenvalue weighted by molar-refractivity contribution is 5.90. The van der Waals surface area contributed by atoms with Crippen molar-refractivity contribution < 1.29 is 19.4 Å². The Morgan fingerprint density at radius 3 is 2.67 bits per heavy atom. The number of Topliss-reactive ketones (excluding diaryl/α,β-unsaturated/α-hetero) is 1. The van der Waals surface area contributed by atoms with E-state index in [0.29, 0.717) is 30.6 Å². The Morgan fingerprint density at radius 2 is 1.97 bits per heavy atom. The lowest BCUT2D eigenvalue weighted by Crippen LogP contribution is -2.58. The van der Waals surface area contributed by atoms with E-state index in [0.717, 1.165) is 24.8 Å². The minimum Gasteiger partial charge on any atom is -0.393 e. The third-order valence-corrected chi connectivity index (χ3v) is 10.5. The quantitative estimate of drug-likeness (QED) is 0.467. The van der Waals surface area contributed by atoms with Crippen LogP contribution in [0.4, 0.5) is 0 Å². The zero-order chi connectivity index (χ0) is 25.5. The van der Waals surface area contributed by atoms with Crippen LogP contribution in [-0.4, -0.2) is 35.0 Å². The Bertz CT molecular complexity index is 1030. The van der Waals surface area contributed by atoms with Crippen molar-refractivity contribution in [2.24, 2.45) is 40.4 Å². The zero-order valence-corrected chi connectivity index (χ0v) is 22.5. The second kappa shape index (κ2) is 8.51. The molecule has 36 heavy (non-hydrogen) atoms. The Kier molecular flexibility index (Phi) is 5.87. The van der Waals surface area contributed by atoms with Crippen LogP contribution in [0.25, 0.3) is 0 Å². The van der Waals surface area contributed by atoms with Crippen molar-refractivity contribution >= 4 is 5.78 Å². The summed E-state index contributed by atoms with van der Waals surface area (Å²) in [7, 11) is 0. The standard InChI is InChI=1S/C32H44O4/c1-19-13-14-31(5)21(15-19)10-11-22-23-16-27-32(26(34)18-30(2,3)4,24(23)17-25(33)29(22)31)36-28(35-27)12-9-20-7-6-8-20/h9,12-15,20,22-25,27-29,33H,1,6-8,10-11,16-18H2,2-5H3/b12-9+/t22-,23-,24?,25-,27+,28+,29+,31-,32+/m0/s1. The van der Waals surface area contributed by atoms with Gasteiger partial charge in [-0.3, -0.25) is 4.79 Å². The molecule has 0 aromatic carbocycles. The minimum atomic E-state index is -0.938. The first-order valence-electron chi connectivity index (χ1n) is 14.3. The molecule has 4 saturated carbocycles. The number of carbonyl (C=O) groups excluding carboxylic acids is 1. The first-order valence-corrected chi connectivity index (χ1v) is 14.3. The molecule has 0 amide bonds. The van der Waals surface area contributed by atoms with Crippen LogP contribution < -0.4 is 0 Å². The number of ether oxygens (including phenoxy) is 2. The van der Waals surface area contributed by atoms with Crippen molar-refractivity contribution in [3.63, 3.8) is 0 Å². The number of ketones is 1. The second-order valence-electron chi connectivity index (χ2n) is 14.0. The van der Waals surface area contributed by atoms with Crippen LogP contribution in [0.2, 0.25) is 0 Å². The number of allylic oxidation sites excluding steroid dienone is 6. The summed E-state index contributed by atoms with van der Waals surface area (Å²) in [4.78, 5) is 14.1. The molecule has 9 atom stereocenters. The lowest BCUT2D eigenvalue weighted by molar-refractivity contribution is -0.166. The molecule has 1 saturated heterocycles. The van der Waals surface area contributed by atoms with Crippen molar-refractivity contribution in [2.45, 2.75) is 103 Å². The number of hydrogen-bond donors (Lipinski definition) is 1. The summed E-state index contributed by atoms with van der Waals surface area (Å²) >= 11 is 0. The van der Waals surface area contributed by atoms with E-state index in [9.17, 15) is 9.90 Å². The molecule has 0 spiro atoms. The maximum Gasteiger partial charge on any atom is 0.178 e. The average Bonchev–Trinajstić information content (AvgIpc) is 3.26. The molecule has 1 heterocycles. The van der Waals surface area contributed by atoms with Crippen LogP contribution in [-0.2, 0) is 14.3 Å².